The standard InChI is InChI=1S/C19H23N3O3S/c1-21(2)26(24,25)18-9-7-17(8-10-18)20-19(23)14-22-12-11-15-5-3-4-6-16(15)13-22/h3-10H,11-14H2,1-2H3,(H,20,23). The van der Waals surface area contributed by atoms with Crippen molar-refractivity contribution in [3.8, 4) is 0 Å². The molecule has 1 heterocycles. The zero-order chi connectivity index (χ0) is 18.7. The van der Waals surface area contributed by atoms with Gasteiger partial charge in [-0.1, -0.05) is 24.3 Å². The molecule has 1 aliphatic rings. The van der Waals surface area contributed by atoms with Gasteiger partial charge in [-0.2, -0.15) is 0 Å². The predicted octanol–water partition coefficient (Wildman–Crippen LogP) is 1.93. The second-order valence-corrected chi connectivity index (χ2v) is 8.74. The zero-order valence-electron chi connectivity index (χ0n) is 15.0. The molecule has 0 unspecified atom stereocenters. The smallest absolute Gasteiger partial charge is 0.242 e. The Morgan fingerprint density at radius 3 is 2.38 bits per heavy atom. The van der Waals surface area contributed by atoms with Crippen LogP contribution in [-0.2, 0) is 27.8 Å². The number of fused-ring (bicyclic) bond motifs is 1. The maximum absolute atomic E-state index is 12.3. The minimum Gasteiger partial charge on any atom is -0.325 e. The van der Waals surface area contributed by atoms with Crippen LogP contribution in [0.15, 0.2) is 53.4 Å². The fraction of sp³-hybridized carbons (Fsp3) is 0.316. The third-order valence-electron chi connectivity index (χ3n) is 4.49. The number of nitrogens with zero attached hydrogens (tertiary/aromatic N) is 2. The van der Waals surface area contributed by atoms with Crippen molar-refractivity contribution in [2.75, 3.05) is 32.5 Å². The number of carbonyl (C=O) groups excluding carboxylic acids is 1. The molecule has 2 aromatic rings. The van der Waals surface area contributed by atoms with Gasteiger partial charge in [0, 0.05) is 32.9 Å². The molecule has 3 rings (SSSR count). The van der Waals surface area contributed by atoms with Crippen LogP contribution in [0.1, 0.15) is 11.1 Å². The molecule has 2 aromatic carbocycles. The van der Waals surface area contributed by atoms with Crippen molar-refractivity contribution in [3.63, 3.8) is 0 Å². The van der Waals surface area contributed by atoms with E-state index in [1.807, 2.05) is 12.1 Å². The van der Waals surface area contributed by atoms with Gasteiger partial charge in [-0.05, 0) is 41.8 Å². The molecule has 0 aliphatic carbocycles. The fourth-order valence-electron chi connectivity index (χ4n) is 3.01. The SMILES string of the molecule is CN(C)S(=O)(=O)c1ccc(NC(=O)CN2CCc3ccccc3C2)cc1. The van der Waals surface area contributed by atoms with E-state index in [0.29, 0.717) is 12.2 Å². The van der Waals surface area contributed by atoms with Crippen LogP contribution in [0.2, 0.25) is 0 Å². The van der Waals surface area contributed by atoms with Gasteiger partial charge in [0.2, 0.25) is 15.9 Å². The number of benzene rings is 2. The first-order chi connectivity index (χ1) is 12.4. The number of hydrogen-bond donors (Lipinski definition) is 1. The van der Waals surface area contributed by atoms with Crippen LogP contribution in [0.4, 0.5) is 5.69 Å². The summed E-state index contributed by atoms with van der Waals surface area (Å²) in [5.41, 5.74) is 3.21. The first-order valence-corrected chi connectivity index (χ1v) is 9.92. The summed E-state index contributed by atoms with van der Waals surface area (Å²) in [5.74, 6) is -0.104. The normalized spacial score (nSPS) is 14.9. The number of carbonyl (C=O) groups is 1. The number of sulfonamides is 1. The molecule has 0 spiro atoms. The van der Waals surface area contributed by atoms with E-state index in [1.165, 1.54) is 37.4 Å². The summed E-state index contributed by atoms with van der Waals surface area (Å²) < 4.78 is 25.3. The Kier molecular flexibility index (Phi) is 5.41. The van der Waals surface area contributed by atoms with E-state index in [2.05, 4.69) is 22.3 Å². The first kappa shape index (κ1) is 18.6. The zero-order valence-corrected chi connectivity index (χ0v) is 15.8. The largest absolute Gasteiger partial charge is 0.325 e. The van der Waals surface area contributed by atoms with Gasteiger partial charge in [0.25, 0.3) is 0 Å². The van der Waals surface area contributed by atoms with Crippen molar-refractivity contribution in [3.05, 3.63) is 59.7 Å². The monoisotopic (exact) mass is 373 g/mol. The minimum atomic E-state index is -3.46. The average Bonchev–Trinajstić information content (AvgIpc) is 2.62. The van der Waals surface area contributed by atoms with Gasteiger partial charge in [-0.25, -0.2) is 12.7 Å². The summed E-state index contributed by atoms with van der Waals surface area (Å²) in [7, 11) is -0.485. The lowest BCUT2D eigenvalue weighted by molar-refractivity contribution is -0.117. The van der Waals surface area contributed by atoms with E-state index in [4.69, 9.17) is 0 Å². The highest BCUT2D eigenvalue weighted by Gasteiger charge is 2.19. The van der Waals surface area contributed by atoms with Crippen LogP contribution in [0.25, 0.3) is 0 Å². The number of hydrogen-bond acceptors (Lipinski definition) is 4. The molecule has 1 aliphatic heterocycles. The van der Waals surface area contributed by atoms with E-state index in [1.54, 1.807) is 12.1 Å². The van der Waals surface area contributed by atoms with Crippen molar-refractivity contribution in [2.45, 2.75) is 17.9 Å². The molecule has 7 heteroatoms. The summed E-state index contributed by atoms with van der Waals surface area (Å²) in [4.78, 5) is 14.6. The van der Waals surface area contributed by atoms with Gasteiger partial charge >= 0.3 is 0 Å². The Hall–Kier alpha value is -2.22. The highest BCUT2D eigenvalue weighted by Crippen LogP contribution is 2.19. The van der Waals surface area contributed by atoms with Crippen molar-refractivity contribution in [1.29, 1.82) is 0 Å². The highest BCUT2D eigenvalue weighted by atomic mass is 32.2. The van der Waals surface area contributed by atoms with Gasteiger partial charge < -0.3 is 5.32 Å². The van der Waals surface area contributed by atoms with Crippen LogP contribution in [0.5, 0.6) is 0 Å². The predicted molar refractivity (Wildman–Crippen MR) is 101 cm³/mol. The molecular formula is C19H23N3O3S. The second kappa shape index (κ2) is 7.57. The minimum absolute atomic E-state index is 0.104. The molecular weight excluding hydrogens is 350 g/mol. The first-order valence-electron chi connectivity index (χ1n) is 8.48. The lowest BCUT2D eigenvalue weighted by Crippen LogP contribution is -2.37. The third kappa shape index (κ3) is 4.12. The Balaban J connectivity index is 1.59. The molecule has 1 N–H and O–H groups in total. The molecule has 0 atom stereocenters. The lowest BCUT2D eigenvalue weighted by Gasteiger charge is -2.28. The molecule has 0 radical (unpaired) electrons. The van der Waals surface area contributed by atoms with Crippen molar-refractivity contribution < 1.29 is 13.2 Å². The lowest BCUT2D eigenvalue weighted by atomic mass is 10.00. The fourth-order valence-corrected chi connectivity index (χ4v) is 3.92. The maximum Gasteiger partial charge on any atom is 0.242 e. The molecule has 26 heavy (non-hydrogen) atoms. The Bertz CT molecular complexity index is 893. The van der Waals surface area contributed by atoms with Crippen LogP contribution in [0, 0.1) is 0 Å². The third-order valence-corrected chi connectivity index (χ3v) is 6.32. The summed E-state index contributed by atoms with van der Waals surface area (Å²) in [6, 6.07) is 14.5. The van der Waals surface area contributed by atoms with E-state index in [-0.39, 0.29) is 10.8 Å². The van der Waals surface area contributed by atoms with E-state index in [0.717, 1.165) is 23.8 Å². The van der Waals surface area contributed by atoms with Gasteiger partial charge in [0.05, 0.1) is 11.4 Å². The molecule has 0 bridgehead atoms. The molecule has 0 aromatic heterocycles. The number of nitrogens with one attached hydrogen (secondary N) is 1. The summed E-state index contributed by atoms with van der Waals surface area (Å²) in [5, 5.41) is 2.83. The van der Waals surface area contributed by atoms with Gasteiger partial charge in [-0.15, -0.1) is 0 Å². The van der Waals surface area contributed by atoms with Crippen molar-refractivity contribution in [1.82, 2.24) is 9.21 Å². The van der Waals surface area contributed by atoms with Crippen LogP contribution in [0.3, 0.4) is 0 Å². The molecule has 0 saturated heterocycles. The number of anilines is 1. The van der Waals surface area contributed by atoms with E-state index >= 15 is 0 Å². The van der Waals surface area contributed by atoms with Crippen LogP contribution in [-0.4, -0.2) is 50.7 Å². The summed E-state index contributed by atoms with van der Waals surface area (Å²) in [6.45, 7) is 1.93. The maximum atomic E-state index is 12.3. The Labute approximate surface area is 154 Å². The molecule has 0 saturated carbocycles. The number of rotatable bonds is 5. The van der Waals surface area contributed by atoms with Crippen LogP contribution < -0.4 is 5.32 Å². The average molecular weight is 373 g/mol. The number of amides is 1. The van der Waals surface area contributed by atoms with Gasteiger partial charge in [0.15, 0.2) is 0 Å². The Morgan fingerprint density at radius 1 is 1.08 bits per heavy atom. The molecule has 0 fully saturated rings. The quantitative estimate of drug-likeness (QED) is 0.870. The van der Waals surface area contributed by atoms with Gasteiger partial charge in [-0.3, -0.25) is 9.69 Å². The highest BCUT2D eigenvalue weighted by molar-refractivity contribution is 7.89. The topological polar surface area (TPSA) is 69.7 Å². The van der Waals surface area contributed by atoms with Crippen molar-refractivity contribution >= 4 is 21.6 Å². The van der Waals surface area contributed by atoms with E-state index in [9.17, 15) is 13.2 Å². The van der Waals surface area contributed by atoms with Crippen molar-refractivity contribution in [2.24, 2.45) is 0 Å². The summed E-state index contributed by atoms with van der Waals surface area (Å²) in [6.07, 6.45) is 0.945. The second-order valence-electron chi connectivity index (χ2n) is 6.59. The molecule has 138 valence electrons. The van der Waals surface area contributed by atoms with Gasteiger partial charge in [0.1, 0.15) is 0 Å². The van der Waals surface area contributed by atoms with E-state index < -0.39 is 10.0 Å². The molecule has 6 nitrogen and oxygen atoms in total. The Morgan fingerprint density at radius 2 is 1.73 bits per heavy atom. The van der Waals surface area contributed by atoms with Crippen LogP contribution >= 0.6 is 0 Å². The molecule has 1 amide bonds. The summed E-state index contributed by atoms with van der Waals surface area (Å²) >= 11 is 0.